The number of amides is 1. The number of rotatable bonds is 5. The molecular formula is C26H35N5O2. The molecule has 2 aromatic rings. The second kappa shape index (κ2) is 9.77. The lowest BCUT2D eigenvalue weighted by molar-refractivity contribution is -0.141. The van der Waals surface area contributed by atoms with Crippen molar-refractivity contribution in [2.24, 2.45) is 5.92 Å². The number of fused-ring (bicyclic) bond motifs is 1. The first-order valence-electron chi connectivity index (χ1n) is 12.3. The highest BCUT2D eigenvalue weighted by atomic mass is 16.5. The molecule has 176 valence electrons. The summed E-state index contributed by atoms with van der Waals surface area (Å²) < 4.78 is 5.70. The molecule has 1 aromatic heterocycles. The van der Waals surface area contributed by atoms with Crippen LogP contribution in [0.15, 0.2) is 36.5 Å². The maximum Gasteiger partial charge on any atom is 0.227 e. The number of piperidine rings is 1. The predicted molar refractivity (Wildman–Crippen MR) is 128 cm³/mol. The molecule has 0 bridgehead atoms. The highest BCUT2D eigenvalue weighted by molar-refractivity contribution is 5.80. The molecule has 0 spiro atoms. The molecule has 1 aromatic carbocycles. The van der Waals surface area contributed by atoms with Crippen molar-refractivity contribution in [2.45, 2.75) is 57.2 Å². The number of benzene rings is 1. The SMILES string of the molecule is C[C@@H]1Cc2cnc(NC[C@H]3CCCO3)nc2CN1C(=O)[C@H]1CCN(C)C[C@@H]1c1ccccc1. The van der Waals surface area contributed by atoms with E-state index in [1.165, 1.54) is 5.56 Å². The van der Waals surface area contributed by atoms with Crippen LogP contribution < -0.4 is 5.32 Å². The zero-order valence-electron chi connectivity index (χ0n) is 19.7. The molecule has 2 fully saturated rings. The van der Waals surface area contributed by atoms with Gasteiger partial charge in [0.2, 0.25) is 11.9 Å². The Balaban J connectivity index is 1.32. The van der Waals surface area contributed by atoms with Crippen molar-refractivity contribution in [1.82, 2.24) is 19.8 Å². The second-order valence-corrected chi connectivity index (χ2v) is 9.88. The molecule has 1 amide bonds. The Morgan fingerprint density at radius 2 is 2.09 bits per heavy atom. The molecule has 0 aliphatic carbocycles. The van der Waals surface area contributed by atoms with Crippen LogP contribution in [-0.2, 0) is 22.5 Å². The van der Waals surface area contributed by atoms with Crippen LogP contribution in [0.25, 0.3) is 0 Å². The molecule has 2 saturated heterocycles. The van der Waals surface area contributed by atoms with Crippen molar-refractivity contribution in [3.63, 3.8) is 0 Å². The first-order chi connectivity index (χ1) is 16.1. The van der Waals surface area contributed by atoms with Gasteiger partial charge in [-0.05, 0) is 57.3 Å². The summed E-state index contributed by atoms with van der Waals surface area (Å²) in [6, 6.07) is 10.7. The fourth-order valence-electron chi connectivity index (χ4n) is 5.55. The van der Waals surface area contributed by atoms with E-state index in [9.17, 15) is 4.79 Å². The Morgan fingerprint density at radius 1 is 1.24 bits per heavy atom. The number of hydrogen-bond acceptors (Lipinski definition) is 6. The first kappa shape index (κ1) is 22.3. The van der Waals surface area contributed by atoms with E-state index in [1.807, 2.05) is 12.3 Å². The molecule has 3 aliphatic heterocycles. The molecule has 4 atom stereocenters. The lowest BCUT2D eigenvalue weighted by Gasteiger charge is -2.42. The van der Waals surface area contributed by atoms with Crippen LogP contribution >= 0.6 is 0 Å². The highest BCUT2D eigenvalue weighted by Crippen LogP contribution is 2.35. The number of ether oxygens (including phenoxy) is 1. The third-order valence-corrected chi connectivity index (χ3v) is 7.48. The number of carbonyl (C=O) groups is 1. The maximum absolute atomic E-state index is 13.9. The fourth-order valence-corrected chi connectivity index (χ4v) is 5.55. The summed E-state index contributed by atoms with van der Waals surface area (Å²) in [5.41, 5.74) is 3.38. The Morgan fingerprint density at radius 3 is 2.88 bits per heavy atom. The minimum absolute atomic E-state index is 0.00606. The number of nitrogens with one attached hydrogen (secondary N) is 1. The van der Waals surface area contributed by atoms with Gasteiger partial charge in [-0.2, -0.15) is 0 Å². The number of nitrogens with zero attached hydrogens (tertiary/aromatic N) is 4. The second-order valence-electron chi connectivity index (χ2n) is 9.88. The summed E-state index contributed by atoms with van der Waals surface area (Å²) in [6.45, 7) is 6.15. The lowest BCUT2D eigenvalue weighted by Crippen LogP contribution is -2.50. The van der Waals surface area contributed by atoms with Gasteiger partial charge >= 0.3 is 0 Å². The molecule has 0 radical (unpaired) electrons. The minimum Gasteiger partial charge on any atom is -0.376 e. The smallest absolute Gasteiger partial charge is 0.227 e. The van der Waals surface area contributed by atoms with E-state index < -0.39 is 0 Å². The van der Waals surface area contributed by atoms with Crippen LogP contribution in [0.5, 0.6) is 0 Å². The van der Waals surface area contributed by atoms with Crippen LogP contribution in [0.4, 0.5) is 5.95 Å². The molecule has 33 heavy (non-hydrogen) atoms. The zero-order valence-corrected chi connectivity index (χ0v) is 19.7. The molecule has 0 saturated carbocycles. The van der Waals surface area contributed by atoms with Crippen LogP contribution in [0, 0.1) is 5.92 Å². The van der Waals surface area contributed by atoms with Crippen molar-refractivity contribution in [3.8, 4) is 0 Å². The van der Waals surface area contributed by atoms with Crippen LogP contribution in [-0.4, -0.2) is 71.1 Å². The summed E-state index contributed by atoms with van der Waals surface area (Å²) in [4.78, 5) is 27.6. The highest BCUT2D eigenvalue weighted by Gasteiger charge is 2.39. The molecule has 4 heterocycles. The van der Waals surface area contributed by atoms with Crippen LogP contribution in [0.2, 0.25) is 0 Å². The maximum atomic E-state index is 13.9. The Bertz CT molecular complexity index is 962. The molecule has 7 heteroatoms. The van der Waals surface area contributed by atoms with E-state index in [0.29, 0.717) is 12.5 Å². The lowest BCUT2D eigenvalue weighted by atomic mass is 9.79. The summed E-state index contributed by atoms with van der Waals surface area (Å²) in [7, 11) is 2.15. The van der Waals surface area contributed by atoms with E-state index in [-0.39, 0.29) is 29.9 Å². The zero-order chi connectivity index (χ0) is 22.8. The van der Waals surface area contributed by atoms with Gasteiger partial charge in [0.25, 0.3) is 0 Å². The summed E-state index contributed by atoms with van der Waals surface area (Å²) in [5, 5.41) is 3.33. The molecule has 3 aliphatic rings. The average Bonchev–Trinajstić information content (AvgIpc) is 3.36. The van der Waals surface area contributed by atoms with E-state index in [1.54, 1.807) is 0 Å². The molecule has 5 rings (SSSR count). The molecule has 1 N–H and O–H groups in total. The Labute approximate surface area is 196 Å². The van der Waals surface area contributed by atoms with Gasteiger partial charge in [0.15, 0.2) is 0 Å². The largest absolute Gasteiger partial charge is 0.376 e. The van der Waals surface area contributed by atoms with E-state index in [0.717, 1.165) is 63.2 Å². The number of likely N-dealkylation sites (tertiary alicyclic amines) is 1. The van der Waals surface area contributed by atoms with Crippen molar-refractivity contribution in [3.05, 3.63) is 53.3 Å². The predicted octanol–water partition coefficient (Wildman–Crippen LogP) is 3.08. The van der Waals surface area contributed by atoms with E-state index >= 15 is 0 Å². The van der Waals surface area contributed by atoms with Gasteiger partial charge in [0.05, 0.1) is 18.3 Å². The van der Waals surface area contributed by atoms with E-state index in [2.05, 4.69) is 58.3 Å². The van der Waals surface area contributed by atoms with E-state index in [4.69, 9.17) is 9.72 Å². The summed E-state index contributed by atoms with van der Waals surface area (Å²) in [5.74, 6) is 1.13. The standard InChI is InChI=1S/C26H35N5O2/c1-18-13-20-14-27-26(28-15-21-9-6-12-33-21)29-24(20)17-31(18)25(32)22-10-11-30(2)16-23(22)19-7-4-3-5-8-19/h3-5,7-8,14,18,21-23H,6,9-13,15-17H2,1-2H3,(H,27,28,29)/t18-,21-,22+,23-/m1/s1. The van der Waals surface area contributed by atoms with Gasteiger partial charge in [-0.25, -0.2) is 9.97 Å². The fraction of sp³-hybridized carbons (Fsp3) is 0.577. The van der Waals surface area contributed by atoms with Crippen molar-refractivity contribution < 1.29 is 9.53 Å². The van der Waals surface area contributed by atoms with Crippen molar-refractivity contribution >= 4 is 11.9 Å². The average molecular weight is 450 g/mol. The van der Waals surface area contributed by atoms with Crippen LogP contribution in [0.3, 0.4) is 0 Å². The molecule has 0 unspecified atom stereocenters. The van der Waals surface area contributed by atoms with Gasteiger partial charge < -0.3 is 19.9 Å². The van der Waals surface area contributed by atoms with Gasteiger partial charge in [-0.3, -0.25) is 4.79 Å². The van der Waals surface area contributed by atoms with Gasteiger partial charge in [0.1, 0.15) is 0 Å². The Kier molecular flexibility index (Phi) is 6.60. The first-order valence-corrected chi connectivity index (χ1v) is 12.3. The van der Waals surface area contributed by atoms with Crippen molar-refractivity contribution in [2.75, 3.05) is 38.6 Å². The number of carbonyl (C=O) groups excluding carboxylic acids is 1. The topological polar surface area (TPSA) is 70.6 Å². The number of aromatic nitrogens is 2. The van der Waals surface area contributed by atoms with Crippen LogP contribution in [0.1, 0.15) is 48.9 Å². The van der Waals surface area contributed by atoms with Gasteiger partial charge in [-0.15, -0.1) is 0 Å². The quantitative estimate of drug-likeness (QED) is 0.757. The number of likely N-dealkylation sites (N-methyl/N-ethyl adjacent to an activating group) is 1. The van der Waals surface area contributed by atoms with Crippen molar-refractivity contribution in [1.29, 1.82) is 0 Å². The third-order valence-electron chi connectivity index (χ3n) is 7.48. The number of hydrogen-bond donors (Lipinski definition) is 1. The third kappa shape index (κ3) is 4.89. The Hall–Kier alpha value is -2.51. The molecular weight excluding hydrogens is 414 g/mol. The van der Waals surface area contributed by atoms with Gasteiger partial charge in [-0.1, -0.05) is 30.3 Å². The normalized spacial score (nSPS) is 27.9. The summed E-state index contributed by atoms with van der Waals surface area (Å²) in [6.07, 6.45) is 6.06. The molecule has 7 nitrogen and oxygen atoms in total. The summed E-state index contributed by atoms with van der Waals surface area (Å²) >= 11 is 0. The minimum atomic E-state index is 0.00606. The number of anilines is 1. The van der Waals surface area contributed by atoms with Gasteiger partial charge in [0, 0.05) is 43.8 Å². The monoisotopic (exact) mass is 449 g/mol.